The first-order valence-corrected chi connectivity index (χ1v) is 10.9. The number of fused-ring (bicyclic) bond motifs is 2. The van der Waals surface area contributed by atoms with Gasteiger partial charge in [-0.05, 0) is 92.9 Å². The van der Waals surface area contributed by atoms with E-state index in [-0.39, 0.29) is 17.7 Å². The fourth-order valence-electron chi connectivity index (χ4n) is 4.83. The minimum absolute atomic E-state index is 0.204. The maximum atomic E-state index is 13.4. The summed E-state index contributed by atoms with van der Waals surface area (Å²) in [5.41, 5.74) is 3.45. The highest BCUT2D eigenvalue weighted by molar-refractivity contribution is 5.83. The van der Waals surface area contributed by atoms with Gasteiger partial charge in [0, 0.05) is 18.5 Å². The molecule has 0 spiro atoms. The van der Waals surface area contributed by atoms with Crippen molar-refractivity contribution in [3.8, 4) is 5.69 Å². The number of halogens is 1. The smallest absolute Gasteiger partial charge is 0.410 e. The van der Waals surface area contributed by atoms with Gasteiger partial charge in [0.25, 0.3) is 0 Å². The summed E-state index contributed by atoms with van der Waals surface area (Å²) in [6.45, 7) is 8.33. The van der Waals surface area contributed by atoms with Crippen LogP contribution in [0, 0.1) is 12.7 Å². The van der Waals surface area contributed by atoms with Crippen LogP contribution >= 0.6 is 0 Å². The van der Waals surface area contributed by atoms with Crippen molar-refractivity contribution in [2.75, 3.05) is 13.1 Å². The van der Waals surface area contributed by atoms with Crippen LogP contribution in [0.4, 0.5) is 9.18 Å². The molecule has 1 N–H and O–H groups in total. The quantitative estimate of drug-likeness (QED) is 0.576. The molecule has 33 heavy (non-hydrogen) atoms. The average Bonchev–Trinajstić information content (AvgIpc) is 3.37. The summed E-state index contributed by atoms with van der Waals surface area (Å²) in [5.74, 6) is -0.0916. The Morgan fingerprint density at radius 3 is 2.64 bits per heavy atom. The zero-order valence-corrected chi connectivity index (χ0v) is 19.1. The Balaban J connectivity index is 1.56. The lowest BCUT2D eigenvalue weighted by Crippen LogP contribution is -2.37. The number of aryl methyl sites for hydroxylation is 1. The van der Waals surface area contributed by atoms with E-state index in [9.17, 15) is 14.3 Å². The van der Waals surface area contributed by atoms with Gasteiger partial charge in [-0.25, -0.2) is 13.9 Å². The summed E-state index contributed by atoms with van der Waals surface area (Å²) in [6.07, 6.45) is 4.98. The largest absolute Gasteiger partial charge is 0.508 e. The third-order valence-corrected chi connectivity index (χ3v) is 6.21. The van der Waals surface area contributed by atoms with E-state index in [2.05, 4.69) is 11.2 Å². The Hall–Kier alpha value is -3.61. The SMILES string of the molecule is Cc1cc2c(cnn2-c2ccc(F)cc2)cc1C12C=C(O)C=C1CN(C(=O)OC(C)(C)C)C2. The van der Waals surface area contributed by atoms with Crippen LogP contribution in [0.25, 0.3) is 16.6 Å². The molecule has 3 aromatic rings. The number of amides is 1. The van der Waals surface area contributed by atoms with E-state index in [0.717, 1.165) is 33.3 Å². The van der Waals surface area contributed by atoms with E-state index >= 15 is 0 Å². The number of ether oxygens (including phenoxy) is 1. The number of aliphatic hydroxyl groups excluding tert-OH is 1. The summed E-state index contributed by atoms with van der Waals surface area (Å²) in [7, 11) is 0. The zero-order chi connectivity index (χ0) is 23.5. The molecule has 2 heterocycles. The second-order valence-corrected chi connectivity index (χ2v) is 9.81. The lowest BCUT2D eigenvalue weighted by atomic mass is 9.76. The topological polar surface area (TPSA) is 67.6 Å². The molecular weight excluding hydrogens is 421 g/mol. The van der Waals surface area contributed by atoms with E-state index in [1.807, 2.05) is 39.8 Å². The molecule has 6 nitrogen and oxygen atoms in total. The Bertz CT molecular complexity index is 1330. The molecule has 0 bridgehead atoms. The van der Waals surface area contributed by atoms with Gasteiger partial charge in [0.15, 0.2) is 0 Å². The molecule has 2 aliphatic rings. The molecule has 1 aliphatic heterocycles. The van der Waals surface area contributed by atoms with Crippen molar-refractivity contribution >= 4 is 17.0 Å². The van der Waals surface area contributed by atoms with Crippen molar-refractivity contribution < 1.29 is 19.0 Å². The third-order valence-electron chi connectivity index (χ3n) is 6.21. The van der Waals surface area contributed by atoms with Crippen LogP contribution in [-0.2, 0) is 10.2 Å². The molecule has 1 atom stereocenters. The first kappa shape index (κ1) is 21.2. The predicted octanol–water partition coefficient (Wildman–Crippen LogP) is 5.34. The minimum Gasteiger partial charge on any atom is -0.508 e. The third kappa shape index (κ3) is 3.57. The number of carbonyl (C=O) groups is 1. The minimum atomic E-state index is -0.614. The van der Waals surface area contributed by atoms with Crippen LogP contribution in [0.1, 0.15) is 31.9 Å². The molecule has 1 fully saturated rings. The summed E-state index contributed by atoms with van der Waals surface area (Å²) in [6, 6.07) is 10.3. The molecule has 0 saturated carbocycles. The van der Waals surface area contributed by atoms with Gasteiger partial charge in [0.1, 0.15) is 17.2 Å². The van der Waals surface area contributed by atoms with Crippen LogP contribution < -0.4 is 0 Å². The van der Waals surface area contributed by atoms with Crippen LogP contribution in [0.15, 0.2) is 66.1 Å². The molecule has 1 aromatic heterocycles. The van der Waals surface area contributed by atoms with Crippen molar-refractivity contribution in [2.45, 2.75) is 38.7 Å². The summed E-state index contributed by atoms with van der Waals surface area (Å²) < 4.78 is 20.7. The number of allylic oxidation sites excluding steroid dienone is 1. The van der Waals surface area contributed by atoms with Crippen molar-refractivity contribution in [1.29, 1.82) is 0 Å². The Kier molecular flexibility index (Phi) is 4.64. The van der Waals surface area contributed by atoms with Crippen molar-refractivity contribution in [1.82, 2.24) is 14.7 Å². The number of hydrogen-bond donors (Lipinski definition) is 1. The molecule has 0 radical (unpaired) electrons. The van der Waals surface area contributed by atoms with E-state index in [4.69, 9.17) is 4.74 Å². The van der Waals surface area contributed by atoms with Gasteiger partial charge >= 0.3 is 6.09 Å². The number of hydrogen-bond acceptors (Lipinski definition) is 4. The van der Waals surface area contributed by atoms with Crippen LogP contribution in [0.5, 0.6) is 0 Å². The first-order chi connectivity index (χ1) is 15.6. The average molecular weight is 448 g/mol. The normalized spacial score (nSPS) is 20.1. The number of benzene rings is 2. The molecule has 1 amide bonds. The molecule has 1 saturated heterocycles. The summed E-state index contributed by atoms with van der Waals surface area (Å²) in [4.78, 5) is 14.5. The number of likely N-dealkylation sites (tertiary alicyclic amines) is 1. The Labute approximate surface area is 191 Å². The maximum Gasteiger partial charge on any atom is 0.410 e. The zero-order valence-electron chi connectivity index (χ0n) is 19.1. The number of aliphatic hydroxyl groups is 1. The molecule has 170 valence electrons. The standard InChI is InChI=1S/C26H26FN3O3/c1-16-9-23-17(13-28-30(23)20-7-5-19(27)6-8-20)10-22(16)26-12-21(31)11-18(26)14-29(15-26)24(32)33-25(2,3)4/h5-13,31H,14-15H2,1-4H3. The molecule has 1 unspecified atom stereocenters. The van der Waals surface area contributed by atoms with Gasteiger partial charge < -0.3 is 14.7 Å². The van der Waals surface area contributed by atoms with Crippen molar-refractivity contribution in [2.24, 2.45) is 0 Å². The highest BCUT2D eigenvalue weighted by atomic mass is 19.1. The van der Waals surface area contributed by atoms with Gasteiger partial charge in [-0.1, -0.05) is 0 Å². The highest BCUT2D eigenvalue weighted by Gasteiger charge is 2.48. The van der Waals surface area contributed by atoms with Crippen molar-refractivity contribution in [3.05, 3.63) is 83.0 Å². The number of aromatic nitrogens is 2. The summed E-state index contributed by atoms with van der Waals surface area (Å²) >= 11 is 0. The van der Waals surface area contributed by atoms with Gasteiger partial charge in [0.2, 0.25) is 0 Å². The fourth-order valence-corrected chi connectivity index (χ4v) is 4.83. The van der Waals surface area contributed by atoms with Gasteiger partial charge in [-0.3, -0.25) is 0 Å². The molecule has 7 heteroatoms. The van der Waals surface area contributed by atoms with Crippen LogP contribution in [0.2, 0.25) is 0 Å². The Morgan fingerprint density at radius 1 is 1.21 bits per heavy atom. The highest BCUT2D eigenvalue weighted by Crippen LogP contribution is 2.47. The monoisotopic (exact) mass is 447 g/mol. The van der Waals surface area contributed by atoms with Crippen molar-refractivity contribution in [3.63, 3.8) is 0 Å². The maximum absolute atomic E-state index is 13.4. The number of carbonyl (C=O) groups excluding carboxylic acids is 1. The van der Waals surface area contributed by atoms with Gasteiger partial charge in [-0.15, -0.1) is 0 Å². The lowest BCUT2D eigenvalue weighted by Gasteiger charge is -2.28. The number of nitrogens with zero attached hydrogens (tertiary/aromatic N) is 3. The second-order valence-electron chi connectivity index (χ2n) is 9.81. The van der Waals surface area contributed by atoms with Crippen LogP contribution in [-0.4, -0.2) is 44.6 Å². The van der Waals surface area contributed by atoms with Crippen LogP contribution in [0.3, 0.4) is 0 Å². The molecule has 2 aromatic carbocycles. The van der Waals surface area contributed by atoms with E-state index < -0.39 is 11.0 Å². The van der Waals surface area contributed by atoms with E-state index in [1.54, 1.807) is 34.0 Å². The fraction of sp³-hybridized carbons (Fsp3) is 0.308. The van der Waals surface area contributed by atoms with E-state index in [0.29, 0.717) is 13.1 Å². The second kappa shape index (κ2) is 7.20. The summed E-state index contributed by atoms with van der Waals surface area (Å²) in [5, 5.41) is 15.8. The molecular formula is C26H26FN3O3. The number of rotatable bonds is 2. The lowest BCUT2D eigenvalue weighted by molar-refractivity contribution is 0.0289. The molecule has 5 rings (SSSR count). The van der Waals surface area contributed by atoms with Gasteiger partial charge in [-0.2, -0.15) is 5.10 Å². The molecule has 1 aliphatic carbocycles. The predicted molar refractivity (Wildman–Crippen MR) is 124 cm³/mol. The first-order valence-electron chi connectivity index (χ1n) is 10.9. The van der Waals surface area contributed by atoms with Gasteiger partial charge in [0.05, 0.1) is 22.8 Å². The Morgan fingerprint density at radius 2 is 1.94 bits per heavy atom. The van der Waals surface area contributed by atoms with E-state index in [1.165, 1.54) is 12.1 Å².